The van der Waals surface area contributed by atoms with Crippen molar-refractivity contribution in [1.29, 1.82) is 0 Å². The zero-order valence-corrected chi connectivity index (χ0v) is 11.2. The van der Waals surface area contributed by atoms with Crippen LogP contribution in [0.2, 0.25) is 0 Å². The van der Waals surface area contributed by atoms with Gasteiger partial charge in [0.1, 0.15) is 11.6 Å². The number of hydrogen-bond acceptors (Lipinski definition) is 3. The molecule has 0 aromatic heterocycles. The number of phenolic OH excluding ortho intramolecular Hbond substituents is 1. The average Bonchev–Trinajstić information content (AvgIpc) is 2.43. The van der Waals surface area contributed by atoms with Crippen LogP contribution in [0.15, 0.2) is 30.3 Å². The fourth-order valence-electron chi connectivity index (χ4n) is 1.81. The van der Waals surface area contributed by atoms with E-state index in [1.807, 2.05) is 0 Å². The Labute approximate surface area is 115 Å². The lowest BCUT2D eigenvalue weighted by Crippen LogP contribution is -2.03. The number of rotatable bonds is 4. The van der Waals surface area contributed by atoms with E-state index in [0.29, 0.717) is 5.75 Å². The molecular formula is C15H15F2NO2. The zero-order valence-electron chi connectivity index (χ0n) is 11.2. The molecule has 0 unspecified atom stereocenters. The highest BCUT2D eigenvalue weighted by Crippen LogP contribution is 2.27. The molecule has 0 saturated carbocycles. The monoisotopic (exact) mass is 279 g/mol. The molecule has 0 aliphatic heterocycles. The number of methoxy groups -OCH3 is 1. The summed E-state index contributed by atoms with van der Waals surface area (Å²) in [6.45, 7) is 1.79. The van der Waals surface area contributed by atoms with Gasteiger partial charge in [-0.05, 0) is 36.2 Å². The van der Waals surface area contributed by atoms with E-state index < -0.39 is 11.6 Å². The Hall–Kier alpha value is -2.30. The van der Waals surface area contributed by atoms with Gasteiger partial charge in [0.15, 0.2) is 11.5 Å². The molecule has 3 nitrogen and oxygen atoms in total. The lowest BCUT2D eigenvalue weighted by molar-refractivity contribution is 0.373. The van der Waals surface area contributed by atoms with Crippen LogP contribution in [0.5, 0.6) is 11.5 Å². The summed E-state index contributed by atoms with van der Waals surface area (Å²) in [4.78, 5) is 0. The molecule has 0 aliphatic rings. The first kappa shape index (κ1) is 14.1. The van der Waals surface area contributed by atoms with E-state index in [2.05, 4.69) is 5.32 Å². The zero-order chi connectivity index (χ0) is 14.7. The van der Waals surface area contributed by atoms with Crippen molar-refractivity contribution in [2.24, 2.45) is 0 Å². The fourth-order valence-corrected chi connectivity index (χ4v) is 1.81. The van der Waals surface area contributed by atoms with Crippen LogP contribution in [0.3, 0.4) is 0 Å². The fraction of sp³-hybridized carbons (Fsp3) is 0.200. The lowest BCUT2D eigenvalue weighted by Gasteiger charge is -2.10. The molecule has 20 heavy (non-hydrogen) atoms. The van der Waals surface area contributed by atoms with E-state index in [-0.39, 0.29) is 23.5 Å². The number of aromatic hydroxyl groups is 1. The summed E-state index contributed by atoms with van der Waals surface area (Å²) >= 11 is 0. The first-order valence-corrected chi connectivity index (χ1v) is 6.06. The summed E-state index contributed by atoms with van der Waals surface area (Å²) in [6.07, 6.45) is 0. The molecule has 0 spiro atoms. The molecule has 0 saturated heterocycles. The van der Waals surface area contributed by atoms with Crippen molar-refractivity contribution in [1.82, 2.24) is 0 Å². The number of anilines is 1. The number of halogens is 2. The van der Waals surface area contributed by atoms with Gasteiger partial charge in [0.2, 0.25) is 0 Å². The Bertz CT molecular complexity index is 630. The number of hydrogen-bond donors (Lipinski definition) is 2. The highest BCUT2D eigenvalue weighted by molar-refractivity contribution is 5.48. The van der Waals surface area contributed by atoms with E-state index in [1.54, 1.807) is 12.1 Å². The van der Waals surface area contributed by atoms with E-state index in [0.717, 1.165) is 17.7 Å². The van der Waals surface area contributed by atoms with Gasteiger partial charge in [0.25, 0.3) is 0 Å². The normalized spacial score (nSPS) is 10.4. The average molecular weight is 279 g/mol. The minimum atomic E-state index is -0.505. The smallest absolute Gasteiger partial charge is 0.160 e. The summed E-state index contributed by atoms with van der Waals surface area (Å²) in [7, 11) is 1.45. The second-order valence-electron chi connectivity index (χ2n) is 4.44. The van der Waals surface area contributed by atoms with Crippen LogP contribution in [0.25, 0.3) is 0 Å². The Morgan fingerprint density at radius 2 is 1.90 bits per heavy atom. The molecule has 2 N–H and O–H groups in total. The predicted octanol–water partition coefficient (Wildman–Crippen LogP) is 3.60. The second kappa shape index (κ2) is 5.77. The highest BCUT2D eigenvalue weighted by atomic mass is 19.1. The topological polar surface area (TPSA) is 41.5 Å². The van der Waals surface area contributed by atoms with Crippen molar-refractivity contribution in [2.45, 2.75) is 13.5 Å². The maximum Gasteiger partial charge on any atom is 0.160 e. The highest BCUT2D eigenvalue weighted by Gasteiger charge is 2.08. The minimum absolute atomic E-state index is 0.0313. The van der Waals surface area contributed by atoms with Crippen molar-refractivity contribution in [3.8, 4) is 11.5 Å². The number of nitrogens with one attached hydrogen (secondary N) is 1. The van der Waals surface area contributed by atoms with Crippen molar-refractivity contribution < 1.29 is 18.6 Å². The number of ether oxygens (including phenoxy) is 1. The van der Waals surface area contributed by atoms with E-state index in [1.165, 1.54) is 20.1 Å². The largest absolute Gasteiger partial charge is 0.504 e. The van der Waals surface area contributed by atoms with Gasteiger partial charge in [-0.25, -0.2) is 8.78 Å². The molecular weight excluding hydrogens is 264 g/mol. The predicted molar refractivity (Wildman–Crippen MR) is 73.1 cm³/mol. The number of aryl methyl sites for hydroxylation is 1. The molecule has 106 valence electrons. The van der Waals surface area contributed by atoms with Gasteiger partial charge >= 0.3 is 0 Å². The number of phenols is 1. The van der Waals surface area contributed by atoms with Gasteiger partial charge in [-0.3, -0.25) is 0 Å². The van der Waals surface area contributed by atoms with Gasteiger partial charge in [0, 0.05) is 12.6 Å². The summed E-state index contributed by atoms with van der Waals surface area (Å²) in [5.41, 5.74) is 1.14. The standard InChI is InChI=1S/C15H15F2NO2/c1-9-5-12(17)13(7-11(9)16)18-8-10-3-4-14(19)15(6-10)20-2/h3-7,18-19H,8H2,1-2H3. The lowest BCUT2D eigenvalue weighted by atomic mass is 10.1. The van der Waals surface area contributed by atoms with Gasteiger partial charge in [-0.1, -0.05) is 6.07 Å². The van der Waals surface area contributed by atoms with Crippen molar-refractivity contribution >= 4 is 5.69 Å². The molecule has 2 aromatic rings. The van der Waals surface area contributed by atoms with Crippen LogP contribution in [0.4, 0.5) is 14.5 Å². The first-order valence-electron chi connectivity index (χ1n) is 6.06. The second-order valence-corrected chi connectivity index (χ2v) is 4.44. The molecule has 0 bridgehead atoms. The van der Waals surface area contributed by atoms with Crippen LogP contribution in [0.1, 0.15) is 11.1 Å². The van der Waals surface area contributed by atoms with E-state index >= 15 is 0 Å². The molecule has 2 aromatic carbocycles. The van der Waals surface area contributed by atoms with Crippen molar-refractivity contribution in [2.75, 3.05) is 12.4 Å². The summed E-state index contributed by atoms with van der Waals surface area (Å²) in [5.74, 6) is -0.601. The van der Waals surface area contributed by atoms with Gasteiger partial charge < -0.3 is 15.2 Å². The summed E-state index contributed by atoms with van der Waals surface area (Å²) in [6, 6.07) is 7.07. The Morgan fingerprint density at radius 3 is 2.60 bits per heavy atom. The van der Waals surface area contributed by atoms with E-state index in [4.69, 9.17) is 4.74 Å². The Balaban J connectivity index is 2.14. The maximum atomic E-state index is 13.6. The quantitative estimate of drug-likeness (QED) is 0.898. The molecule has 0 radical (unpaired) electrons. The van der Waals surface area contributed by atoms with Gasteiger partial charge in [-0.15, -0.1) is 0 Å². The van der Waals surface area contributed by atoms with Crippen LogP contribution in [-0.4, -0.2) is 12.2 Å². The third-order valence-corrected chi connectivity index (χ3v) is 2.98. The molecule has 2 rings (SSSR count). The minimum Gasteiger partial charge on any atom is -0.504 e. The first-order chi connectivity index (χ1) is 9.51. The molecule has 0 aliphatic carbocycles. The SMILES string of the molecule is COc1cc(CNc2cc(F)c(C)cc2F)ccc1O. The van der Waals surface area contributed by atoms with Gasteiger partial charge in [0.05, 0.1) is 12.8 Å². The number of benzene rings is 2. The van der Waals surface area contributed by atoms with Crippen LogP contribution in [0, 0.1) is 18.6 Å². The third-order valence-electron chi connectivity index (χ3n) is 2.98. The summed E-state index contributed by atoms with van der Waals surface area (Å²) in [5, 5.41) is 12.3. The van der Waals surface area contributed by atoms with Crippen LogP contribution < -0.4 is 10.1 Å². The molecule has 0 amide bonds. The summed E-state index contributed by atoms with van der Waals surface area (Å²) < 4.78 is 32.0. The van der Waals surface area contributed by atoms with Crippen LogP contribution in [-0.2, 0) is 6.54 Å². The molecule has 0 fully saturated rings. The maximum absolute atomic E-state index is 13.6. The van der Waals surface area contributed by atoms with Crippen molar-refractivity contribution in [3.63, 3.8) is 0 Å². The van der Waals surface area contributed by atoms with Crippen LogP contribution >= 0.6 is 0 Å². The van der Waals surface area contributed by atoms with Crippen molar-refractivity contribution in [3.05, 3.63) is 53.1 Å². The Morgan fingerprint density at radius 1 is 1.15 bits per heavy atom. The third kappa shape index (κ3) is 2.99. The van der Waals surface area contributed by atoms with E-state index in [9.17, 15) is 13.9 Å². The molecule has 5 heteroatoms. The molecule has 0 atom stereocenters. The molecule has 0 heterocycles. The Kier molecular flexibility index (Phi) is 4.08. The van der Waals surface area contributed by atoms with Gasteiger partial charge in [-0.2, -0.15) is 0 Å².